The second kappa shape index (κ2) is 6.07. The summed E-state index contributed by atoms with van der Waals surface area (Å²) >= 11 is 0. The van der Waals surface area contributed by atoms with Crippen molar-refractivity contribution in [2.75, 3.05) is 18.5 Å². The Morgan fingerprint density at radius 3 is 2.76 bits per heavy atom. The summed E-state index contributed by atoms with van der Waals surface area (Å²) < 4.78 is 6.77. The van der Waals surface area contributed by atoms with Gasteiger partial charge in [0.15, 0.2) is 0 Å². The number of carbonyl (C=O) groups is 2. The molecule has 1 aromatic carbocycles. The largest absolute Gasteiger partial charge is 0.444 e. The smallest absolute Gasteiger partial charge is 0.408 e. The summed E-state index contributed by atoms with van der Waals surface area (Å²) in [6, 6.07) is 6.74. The van der Waals surface area contributed by atoms with Crippen molar-refractivity contribution < 1.29 is 19.4 Å². The summed E-state index contributed by atoms with van der Waals surface area (Å²) in [6.07, 6.45) is -0.640. The van der Waals surface area contributed by atoms with Gasteiger partial charge in [-0.25, -0.2) is 4.79 Å². The van der Waals surface area contributed by atoms with Crippen LogP contribution in [0.4, 0.5) is 10.5 Å². The van der Waals surface area contributed by atoms with Gasteiger partial charge < -0.3 is 20.1 Å². The second-order valence-electron chi connectivity index (χ2n) is 7.26. The Morgan fingerprint density at radius 2 is 2.12 bits per heavy atom. The first kappa shape index (κ1) is 17.3. The highest BCUT2D eigenvalue weighted by molar-refractivity contribution is 6.04. The summed E-state index contributed by atoms with van der Waals surface area (Å²) in [7, 11) is 1.87. The molecule has 0 bridgehead atoms. The van der Waals surface area contributed by atoms with Crippen LogP contribution < -0.4 is 10.2 Å². The molecular weight excluding hydrogens is 322 g/mol. The average molecular weight is 345 g/mol. The molecule has 1 aromatic heterocycles. The summed E-state index contributed by atoms with van der Waals surface area (Å²) in [5.74, 6) is -0.290. The van der Waals surface area contributed by atoms with Gasteiger partial charge in [0.1, 0.15) is 11.6 Å². The van der Waals surface area contributed by atoms with E-state index in [-0.39, 0.29) is 12.5 Å². The van der Waals surface area contributed by atoms with Crippen LogP contribution in [0.15, 0.2) is 24.3 Å². The fourth-order valence-corrected chi connectivity index (χ4v) is 3.14. The minimum atomic E-state index is -0.784. The number of rotatable bonds is 2. The van der Waals surface area contributed by atoms with Crippen molar-refractivity contribution in [3.05, 3.63) is 30.0 Å². The number of ether oxygens (including phenoxy) is 1. The lowest BCUT2D eigenvalue weighted by molar-refractivity contribution is 0.0485. The number of hydrogen-bond acceptors (Lipinski definition) is 5. The first-order valence-electron chi connectivity index (χ1n) is 8.20. The lowest BCUT2D eigenvalue weighted by Crippen LogP contribution is -2.49. The summed E-state index contributed by atoms with van der Waals surface area (Å²) in [5.41, 5.74) is 1.47. The molecule has 2 heterocycles. The van der Waals surface area contributed by atoms with E-state index in [0.29, 0.717) is 12.2 Å². The van der Waals surface area contributed by atoms with Crippen LogP contribution in [0, 0.1) is 0 Å². The van der Waals surface area contributed by atoms with Crippen LogP contribution in [0.1, 0.15) is 31.3 Å². The Kier molecular flexibility index (Phi) is 4.20. The lowest BCUT2D eigenvalue weighted by atomic mass is 10.2. The highest BCUT2D eigenvalue weighted by atomic mass is 16.6. The molecule has 7 nitrogen and oxygen atoms in total. The van der Waals surface area contributed by atoms with Crippen molar-refractivity contribution in [1.29, 1.82) is 0 Å². The van der Waals surface area contributed by atoms with E-state index in [1.165, 1.54) is 4.57 Å². The maximum absolute atomic E-state index is 13.1. The Labute approximate surface area is 146 Å². The SMILES string of the molecule is CN1C[C@H](NC(=O)OC(C)(C)C)C(=O)n2c(CO)cc3cccc1c32. The number of para-hydroxylation sites is 1. The van der Waals surface area contributed by atoms with E-state index in [9.17, 15) is 14.7 Å². The average Bonchev–Trinajstić information content (AvgIpc) is 2.85. The molecule has 7 heteroatoms. The molecule has 1 atom stereocenters. The van der Waals surface area contributed by atoms with Gasteiger partial charge >= 0.3 is 6.09 Å². The van der Waals surface area contributed by atoms with E-state index in [2.05, 4.69) is 5.32 Å². The molecule has 0 saturated carbocycles. The van der Waals surface area contributed by atoms with Gasteiger partial charge in [-0.3, -0.25) is 9.36 Å². The molecular formula is C18H23N3O4. The number of hydrogen-bond donors (Lipinski definition) is 2. The highest BCUT2D eigenvalue weighted by Gasteiger charge is 2.32. The molecule has 0 fully saturated rings. The van der Waals surface area contributed by atoms with E-state index < -0.39 is 17.7 Å². The van der Waals surface area contributed by atoms with Gasteiger partial charge in [0.05, 0.1) is 23.5 Å². The highest BCUT2D eigenvalue weighted by Crippen LogP contribution is 2.32. The lowest BCUT2D eigenvalue weighted by Gasteiger charge is -2.25. The third-order valence-electron chi connectivity index (χ3n) is 4.12. The van der Waals surface area contributed by atoms with Crippen LogP contribution in [-0.2, 0) is 11.3 Å². The van der Waals surface area contributed by atoms with Gasteiger partial charge in [0.2, 0.25) is 0 Å². The van der Waals surface area contributed by atoms with Gasteiger partial charge in [-0.1, -0.05) is 12.1 Å². The molecule has 1 aliphatic heterocycles. The minimum absolute atomic E-state index is 0.261. The molecule has 25 heavy (non-hydrogen) atoms. The van der Waals surface area contributed by atoms with E-state index in [4.69, 9.17) is 4.74 Å². The molecule has 0 saturated heterocycles. The van der Waals surface area contributed by atoms with Crippen LogP contribution in [-0.4, -0.2) is 46.9 Å². The van der Waals surface area contributed by atoms with Crippen molar-refractivity contribution >= 4 is 28.6 Å². The predicted molar refractivity (Wildman–Crippen MR) is 94.9 cm³/mol. The number of aromatic nitrogens is 1. The molecule has 1 aliphatic rings. The zero-order valence-electron chi connectivity index (χ0n) is 14.9. The summed E-state index contributed by atoms with van der Waals surface area (Å²) in [5, 5.41) is 13.2. The number of nitrogens with zero attached hydrogens (tertiary/aromatic N) is 2. The molecule has 3 rings (SSSR count). The van der Waals surface area contributed by atoms with Crippen LogP contribution in [0.3, 0.4) is 0 Å². The van der Waals surface area contributed by atoms with Crippen molar-refractivity contribution in [1.82, 2.24) is 9.88 Å². The van der Waals surface area contributed by atoms with Gasteiger partial charge in [-0.15, -0.1) is 0 Å². The van der Waals surface area contributed by atoms with Crippen LogP contribution >= 0.6 is 0 Å². The van der Waals surface area contributed by atoms with Crippen LogP contribution in [0.2, 0.25) is 0 Å². The molecule has 0 aliphatic carbocycles. The summed E-state index contributed by atoms with van der Waals surface area (Å²) in [6.45, 7) is 5.35. The zero-order chi connectivity index (χ0) is 18.4. The maximum Gasteiger partial charge on any atom is 0.408 e. The van der Waals surface area contributed by atoms with E-state index in [0.717, 1.165) is 16.6 Å². The van der Waals surface area contributed by atoms with Gasteiger partial charge in [-0.05, 0) is 32.9 Å². The normalized spacial score (nSPS) is 17.6. The number of anilines is 1. The molecule has 0 radical (unpaired) electrons. The minimum Gasteiger partial charge on any atom is -0.444 e. The standard InChI is InChI=1S/C18H23N3O4/c1-18(2,3)25-17(24)19-13-9-20(4)14-7-5-6-11-8-12(10-22)21(15(11)14)16(13)23/h5-8,13,22H,9-10H2,1-4H3,(H,19,24)/t13-/m0/s1. The Balaban J connectivity index is 2.01. The third kappa shape index (κ3) is 3.19. The zero-order valence-corrected chi connectivity index (χ0v) is 14.9. The summed E-state index contributed by atoms with van der Waals surface area (Å²) in [4.78, 5) is 27.1. The fourth-order valence-electron chi connectivity index (χ4n) is 3.14. The number of aliphatic hydroxyl groups is 1. The fraction of sp³-hybridized carbons (Fsp3) is 0.444. The molecule has 0 unspecified atom stereocenters. The van der Waals surface area contributed by atoms with Crippen LogP contribution in [0.25, 0.3) is 10.9 Å². The van der Waals surface area contributed by atoms with Crippen molar-refractivity contribution in [2.45, 2.75) is 39.0 Å². The number of carbonyl (C=O) groups excluding carboxylic acids is 2. The Hall–Kier alpha value is -2.54. The maximum atomic E-state index is 13.1. The number of aliphatic hydroxyl groups excluding tert-OH is 1. The van der Waals surface area contributed by atoms with Gasteiger partial charge in [0.25, 0.3) is 5.91 Å². The first-order valence-corrected chi connectivity index (χ1v) is 8.20. The van der Waals surface area contributed by atoms with Crippen molar-refractivity contribution in [2.24, 2.45) is 0 Å². The number of alkyl carbamates (subject to hydrolysis) is 1. The van der Waals surface area contributed by atoms with Crippen molar-refractivity contribution in [3.8, 4) is 0 Å². The van der Waals surface area contributed by atoms with Gasteiger partial charge in [0, 0.05) is 19.0 Å². The third-order valence-corrected chi connectivity index (χ3v) is 4.12. The topological polar surface area (TPSA) is 83.8 Å². The number of benzene rings is 1. The van der Waals surface area contributed by atoms with E-state index in [1.54, 1.807) is 26.8 Å². The quantitative estimate of drug-likeness (QED) is 0.871. The second-order valence-corrected chi connectivity index (χ2v) is 7.26. The predicted octanol–water partition coefficient (Wildman–Crippen LogP) is 2.12. The number of nitrogens with one attached hydrogen (secondary N) is 1. The molecule has 134 valence electrons. The van der Waals surface area contributed by atoms with Gasteiger partial charge in [-0.2, -0.15) is 0 Å². The van der Waals surface area contributed by atoms with E-state index >= 15 is 0 Å². The molecule has 1 amide bonds. The number of amides is 1. The molecule has 2 aromatic rings. The molecule has 2 N–H and O–H groups in total. The monoisotopic (exact) mass is 345 g/mol. The number of likely N-dealkylation sites (N-methyl/N-ethyl adjacent to an activating group) is 1. The van der Waals surface area contributed by atoms with Crippen molar-refractivity contribution in [3.63, 3.8) is 0 Å². The molecule has 0 spiro atoms. The van der Waals surface area contributed by atoms with E-state index in [1.807, 2.05) is 30.1 Å². The Bertz CT molecular complexity index is 835. The Morgan fingerprint density at radius 1 is 1.40 bits per heavy atom. The first-order chi connectivity index (χ1) is 11.7. The van der Waals surface area contributed by atoms with Crippen LogP contribution in [0.5, 0.6) is 0 Å².